The first-order chi connectivity index (χ1) is 16.2. The number of morpholine rings is 1. The number of rotatable bonds is 5. The van der Waals surface area contributed by atoms with Crippen molar-refractivity contribution in [3.8, 4) is 11.5 Å². The molecule has 172 valence electrons. The van der Waals surface area contributed by atoms with Gasteiger partial charge in [-0.15, -0.1) is 0 Å². The monoisotopic (exact) mass is 470 g/mol. The number of hydrogen-bond acceptors (Lipinski definition) is 8. The normalized spacial score (nSPS) is 19.7. The summed E-state index contributed by atoms with van der Waals surface area (Å²) in [6, 6.07) is 5.53. The molecule has 6 rings (SSSR count). The molecular formula is C22H23ClN6O4. The molecule has 0 bridgehead atoms. The van der Waals surface area contributed by atoms with Gasteiger partial charge in [-0.05, 0) is 31.0 Å². The molecule has 33 heavy (non-hydrogen) atoms. The van der Waals surface area contributed by atoms with Crippen LogP contribution >= 0.6 is 11.6 Å². The molecule has 11 heteroatoms. The highest BCUT2D eigenvalue weighted by molar-refractivity contribution is 6.31. The van der Waals surface area contributed by atoms with Gasteiger partial charge in [0.1, 0.15) is 23.6 Å². The summed E-state index contributed by atoms with van der Waals surface area (Å²) in [7, 11) is 0. The Labute approximate surface area is 193 Å². The van der Waals surface area contributed by atoms with Crippen LogP contribution in [0, 0.1) is 0 Å². The molecule has 10 nitrogen and oxygen atoms in total. The molecule has 5 heterocycles. The second kappa shape index (κ2) is 8.53. The van der Waals surface area contributed by atoms with Gasteiger partial charge in [-0.2, -0.15) is 4.98 Å². The summed E-state index contributed by atoms with van der Waals surface area (Å²) < 4.78 is 20.1. The molecule has 1 unspecified atom stereocenters. The van der Waals surface area contributed by atoms with E-state index < -0.39 is 0 Å². The third-order valence-electron chi connectivity index (χ3n) is 6.31. The Bertz CT molecular complexity index is 1370. The molecule has 4 aromatic rings. The number of hydrogen-bond donors (Lipinski definition) is 0. The van der Waals surface area contributed by atoms with Crippen molar-refractivity contribution in [2.24, 2.45) is 0 Å². The molecule has 2 aliphatic rings. The third kappa shape index (κ3) is 3.72. The average Bonchev–Trinajstić information content (AvgIpc) is 3.59. The molecule has 0 aliphatic carbocycles. The molecule has 2 saturated heterocycles. The first-order valence-electron chi connectivity index (χ1n) is 11.1. The molecule has 1 atom stereocenters. The van der Waals surface area contributed by atoms with E-state index in [0.717, 1.165) is 43.5 Å². The van der Waals surface area contributed by atoms with Crippen molar-refractivity contribution in [1.29, 1.82) is 0 Å². The maximum Gasteiger partial charge on any atom is 0.277 e. The van der Waals surface area contributed by atoms with Gasteiger partial charge in [-0.25, -0.2) is 4.98 Å². The lowest BCUT2D eigenvalue weighted by Crippen LogP contribution is -2.39. The second-order valence-electron chi connectivity index (χ2n) is 8.31. The number of fused-ring (bicyclic) bond motifs is 3. The summed E-state index contributed by atoms with van der Waals surface area (Å²) >= 11 is 6.30. The zero-order chi connectivity index (χ0) is 22.4. The van der Waals surface area contributed by atoms with Gasteiger partial charge in [0.2, 0.25) is 5.82 Å². The quantitative estimate of drug-likeness (QED) is 0.438. The van der Waals surface area contributed by atoms with Crippen LogP contribution in [-0.2, 0) is 16.0 Å². The number of halogens is 1. The van der Waals surface area contributed by atoms with Gasteiger partial charge in [0.05, 0.1) is 24.2 Å². The summed E-state index contributed by atoms with van der Waals surface area (Å²) in [5.74, 6) is 0.706. The average molecular weight is 471 g/mol. The van der Waals surface area contributed by atoms with Gasteiger partial charge in [-0.3, -0.25) is 14.1 Å². The molecule has 0 amide bonds. The van der Waals surface area contributed by atoms with Crippen LogP contribution in [0.25, 0.3) is 28.1 Å². The summed E-state index contributed by atoms with van der Waals surface area (Å²) in [5, 5.41) is 4.67. The van der Waals surface area contributed by atoms with Crippen LogP contribution in [0.2, 0.25) is 5.02 Å². The Hall–Kier alpha value is -2.79. The summed E-state index contributed by atoms with van der Waals surface area (Å²) in [6.07, 6.45) is 3.22. The van der Waals surface area contributed by atoms with E-state index in [-0.39, 0.29) is 17.5 Å². The molecule has 2 fully saturated rings. The fourth-order valence-corrected chi connectivity index (χ4v) is 4.74. The van der Waals surface area contributed by atoms with E-state index in [4.69, 9.17) is 25.6 Å². The van der Waals surface area contributed by atoms with Crippen molar-refractivity contribution in [3.63, 3.8) is 0 Å². The third-order valence-corrected chi connectivity index (χ3v) is 6.54. The van der Waals surface area contributed by atoms with Crippen molar-refractivity contribution in [2.75, 3.05) is 39.5 Å². The van der Waals surface area contributed by atoms with Crippen molar-refractivity contribution in [2.45, 2.75) is 25.5 Å². The molecule has 0 N–H and O–H groups in total. The van der Waals surface area contributed by atoms with E-state index in [1.54, 1.807) is 15.3 Å². The molecule has 1 aromatic carbocycles. The van der Waals surface area contributed by atoms with Gasteiger partial charge < -0.3 is 18.6 Å². The van der Waals surface area contributed by atoms with Gasteiger partial charge in [0.15, 0.2) is 0 Å². The van der Waals surface area contributed by atoms with Gasteiger partial charge in [0, 0.05) is 37.8 Å². The summed E-state index contributed by atoms with van der Waals surface area (Å²) in [4.78, 5) is 25.0. The van der Waals surface area contributed by atoms with Crippen LogP contribution in [-0.4, -0.2) is 68.4 Å². The number of benzene rings is 1. The Morgan fingerprint density at radius 1 is 1.12 bits per heavy atom. The SMILES string of the molecule is O=c1c2c(-c3noc(C4CCCO4)n3)ncn2c2ccc(Cl)cc2n1CCN1CCOCC1. The van der Waals surface area contributed by atoms with Crippen LogP contribution < -0.4 is 5.56 Å². The predicted molar refractivity (Wildman–Crippen MR) is 120 cm³/mol. The fraction of sp³-hybridized carbons (Fsp3) is 0.455. The van der Waals surface area contributed by atoms with E-state index in [0.29, 0.717) is 48.5 Å². The zero-order valence-corrected chi connectivity index (χ0v) is 18.7. The van der Waals surface area contributed by atoms with Gasteiger partial charge in [-0.1, -0.05) is 16.8 Å². The topological polar surface area (TPSA) is 99.9 Å². The maximum absolute atomic E-state index is 13.7. The highest BCUT2D eigenvalue weighted by Crippen LogP contribution is 2.30. The number of ether oxygens (including phenoxy) is 2. The van der Waals surface area contributed by atoms with Crippen LogP contribution in [0.3, 0.4) is 0 Å². The van der Waals surface area contributed by atoms with E-state index >= 15 is 0 Å². The van der Waals surface area contributed by atoms with E-state index in [1.807, 2.05) is 18.2 Å². The number of nitrogens with zero attached hydrogens (tertiary/aromatic N) is 6. The van der Waals surface area contributed by atoms with Gasteiger partial charge in [0.25, 0.3) is 11.4 Å². The van der Waals surface area contributed by atoms with E-state index in [2.05, 4.69) is 20.0 Å². The van der Waals surface area contributed by atoms with Crippen LogP contribution in [0.15, 0.2) is 33.8 Å². The number of imidazole rings is 1. The lowest BCUT2D eigenvalue weighted by molar-refractivity contribution is 0.0364. The molecule has 0 radical (unpaired) electrons. The molecular weight excluding hydrogens is 448 g/mol. The van der Waals surface area contributed by atoms with E-state index in [9.17, 15) is 4.79 Å². The largest absolute Gasteiger partial charge is 0.379 e. The Balaban J connectivity index is 1.46. The van der Waals surface area contributed by atoms with Gasteiger partial charge >= 0.3 is 0 Å². The van der Waals surface area contributed by atoms with Crippen LogP contribution in [0.4, 0.5) is 0 Å². The second-order valence-corrected chi connectivity index (χ2v) is 8.75. The lowest BCUT2D eigenvalue weighted by Gasteiger charge is -2.27. The molecule has 0 saturated carbocycles. The highest BCUT2D eigenvalue weighted by atomic mass is 35.5. The fourth-order valence-electron chi connectivity index (χ4n) is 4.58. The van der Waals surface area contributed by atoms with Crippen molar-refractivity contribution in [1.82, 2.24) is 29.0 Å². The molecule has 2 aliphatic heterocycles. The summed E-state index contributed by atoms with van der Waals surface area (Å²) in [5.41, 5.74) is 2.22. The highest BCUT2D eigenvalue weighted by Gasteiger charge is 2.26. The van der Waals surface area contributed by atoms with Crippen LogP contribution in [0.5, 0.6) is 0 Å². The van der Waals surface area contributed by atoms with Crippen molar-refractivity contribution in [3.05, 3.63) is 45.8 Å². The first-order valence-corrected chi connectivity index (χ1v) is 11.5. The zero-order valence-electron chi connectivity index (χ0n) is 17.9. The Morgan fingerprint density at radius 2 is 2.00 bits per heavy atom. The van der Waals surface area contributed by atoms with Crippen molar-refractivity contribution < 1.29 is 14.0 Å². The minimum absolute atomic E-state index is 0.172. The Morgan fingerprint density at radius 3 is 2.82 bits per heavy atom. The number of aromatic nitrogens is 5. The summed E-state index contributed by atoms with van der Waals surface area (Å²) in [6.45, 7) is 5.04. The maximum atomic E-state index is 13.7. The minimum Gasteiger partial charge on any atom is -0.379 e. The molecule has 0 spiro atoms. The predicted octanol–water partition coefficient (Wildman–Crippen LogP) is 2.54. The smallest absolute Gasteiger partial charge is 0.277 e. The minimum atomic E-state index is -0.201. The molecule has 3 aromatic heterocycles. The lowest BCUT2D eigenvalue weighted by atomic mass is 10.2. The van der Waals surface area contributed by atoms with Crippen molar-refractivity contribution >= 4 is 28.2 Å². The van der Waals surface area contributed by atoms with E-state index in [1.165, 1.54) is 0 Å². The van der Waals surface area contributed by atoms with Crippen LogP contribution in [0.1, 0.15) is 24.8 Å². The first kappa shape index (κ1) is 20.8. The standard InChI is InChI=1S/C22H23ClN6O4/c23-14-3-4-15-16(12-14)28(6-5-27-7-10-31-11-8-27)22(30)19-18(24-13-29(15)19)20-25-21(33-26-20)17-2-1-9-32-17/h3-4,12-13,17H,1-2,5-11H2. The Kier molecular flexibility index (Phi) is 5.37.